The van der Waals surface area contributed by atoms with Crippen molar-refractivity contribution in [3.8, 4) is 0 Å². The van der Waals surface area contributed by atoms with Crippen LogP contribution in [0.1, 0.15) is 22.6 Å². The molecule has 0 N–H and O–H groups in total. The van der Waals surface area contributed by atoms with Crippen LogP contribution >= 0.6 is 0 Å². The van der Waals surface area contributed by atoms with Gasteiger partial charge in [-0.2, -0.15) is 0 Å². The van der Waals surface area contributed by atoms with Gasteiger partial charge in [0.25, 0.3) is 0 Å². The van der Waals surface area contributed by atoms with E-state index < -0.39 is 11.6 Å². The number of halogens is 2. The SMILES string of the molecule is Cc1cc2c(o1)CCN=C2c1ccc(F)cc1F. The Bertz CT molecular complexity index is 643. The molecule has 0 atom stereocenters. The highest BCUT2D eigenvalue weighted by Gasteiger charge is 2.22. The maximum absolute atomic E-state index is 13.8. The first-order valence-electron chi connectivity index (χ1n) is 5.74. The van der Waals surface area contributed by atoms with E-state index in [1.165, 1.54) is 12.1 Å². The first-order valence-corrected chi connectivity index (χ1v) is 5.74. The summed E-state index contributed by atoms with van der Waals surface area (Å²) in [5, 5.41) is 0. The largest absolute Gasteiger partial charge is 0.466 e. The molecule has 3 rings (SSSR count). The van der Waals surface area contributed by atoms with Gasteiger partial charge in [0.15, 0.2) is 0 Å². The molecule has 2 nitrogen and oxygen atoms in total. The summed E-state index contributed by atoms with van der Waals surface area (Å²) in [4.78, 5) is 4.34. The zero-order valence-electron chi connectivity index (χ0n) is 9.84. The van der Waals surface area contributed by atoms with E-state index in [4.69, 9.17) is 4.42 Å². The van der Waals surface area contributed by atoms with Crippen molar-refractivity contribution in [3.05, 3.63) is 58.5 Å². The van der Waals surface area contributed by atoms with E-state index >= 15 is 0 Å². The summed E-state index contributed by atoms with van der Waals surface area (Å²) in [5.41, 5.74) is 1.67. The van der Waals surface area contributed by atoms with Gasteiger partial charge in [-0.25, -0.2) is 8.78 Å². The van der Waals surface area contributed by atoms with Crippen molar-refractivity contribution < 1.29 is 13.2 Å². The van der Waals surface area contributed by atoms with Gasteiger partial charge in [0.2, 0.25) is 0 Å². The molecule has 0 amide bonds. The van der Waals surface area contributed by atoms with Crippen LogP contribution in [0.25, 0.3) is 0 Å². The smallest absolute Gasteiger partial charge is 0.135 e. The van der Waals surface area contributed by atoms with Crippen LogP contribution in [0.15, 0.2) is 33.7 Å². The lowest BCUT2D eigenvalue weighted by atomic mass is 9.98. The van der Waals surface area contributed by atoms with Gasteiger partial charge in [-0.1, -0.05) is 0 Å². The third kappa shape index (κ3) is 1.74. The zero-order chi connectivity index (χ0) is 12.7. The zero-order valence-corrected chi connectivity index (χ0v) is 9.84. The van der Waals surface area contributed by atoms with Gasteiger partial charge in [0, 0.05) is 30.2 Å². The van der Waals surface area contributed by atoms with E-state index in [2.05, 4.69) is 4.99 Å². The quantitative estimate of drug-likeness (QED) is 0.759. The first kappa shape index (κ1) is 11.1. The number of fused-ring (bicyclic) bond motifs is 1. The Morgan fingerprint density at radius 1 is 1.17 bits per heavy atom. The van der Waals surface area contributed by atoms with Gasteiger partial charge in [0.05, 0.1) is 5.71 Å². The molecule has 1 aromatic carbocycles. The van der Waals surface area contributed by atoms with Gasteiger partial charge in [-0.3, -0.25) is 4.99 Å². The van der Waals surface area contributed by atoms with Gasteiger partial charge in [-0.15, -0.1) is 0 Å². The van der Waals surface area contributed by atoms with Crippen molar-refractivity contribution in [3.63, 3.8) is 0 Å². The molecule has 2 aromatic rings. The van der Waals surface area contributed by atoms with Crippen LogP contribution in [0.4, 0.5) is 8.78 Å². The highest BCUT2D eigenvalue weighted by molar-refractivity contribution is 6.14. The van der Waals surface area contributed by atoms with Crippen molar-refractivity contribution in [2.24, 2.45) is 4.99 Å². The molecule has 0 saturated heterocycles. The van der Waals surface area contributed by atoms with Crippen molar-refractivity contribution in [2.45, 2.75) is 13.3 Å². The molecule has 0 unspecified atom stereocenters. The van der Waals surface area contributed by atoms with Gasteiger partial charge in [0.1, 0.15) is 23.2 Å². The summed E-state index contributed by atoms with van der Waals surface area (Å²) in [6.07, 6.45) is 0.718. The fraction of sp³-hybridized carbons (Fsp3) is 0.214. The van der Waals surface area contributed by atoms with Crippen LogP contribution in [0.5, 0.6) is 0 Å². The Kier molecular flexibility index (Phi) is 2.51. The predicted octanol–water partition coefficient (Wildman–Crippen LogP) is 3.26. The predicted molar refractivity (Wildman–Crippen MR) is 64.0 cm³/mol. The van der Waals surface area contributed by atoms with Crippen molar-refractivity contribution in [1.29, 1.82) is 0 Å². The van der Waals surface area contributed by atoms with E-state index in [-0.39, 0.29) is 0 Å². The summed E-state index contributed by atoms with van der Waals surface area (Å²) in [6.45, 7) is 2.41. The number of aliphatic imine (C=N–C) groups is 1. The Hall–Kier alpha value is -1.97. The molecular formula is C14H11F2NO. The van der Waals surface area contributed by atoms with Crippen LogP contribution < -0.4 is 0 Å². The van der Waals surface area contributed by atoms with E-state index in [1.807, 2.05) is 13.0 Å². The topological polar surface area (TPSA) is 25.5 Å². The van der Waals surface area contributed by atoms with E-state index in [0.29, 0.717) is 17.8 Å². The van der Waals surface area contributed by atoms with Gasteiger partial charge < -0.3 is 4.42 Å². The normalized spacial score (nSPS) is 14.3. The Balaban J connectivity index is 2.14. The third-order valence-corrected chi connectivity index (χ3v) is 2.98. The minimum absolute atomic E-state index is 0.318. The highest BCUT2D eigenvalue weighted by atomic mass is 19.1. The fourth-order valence-electron chi connectivity index (χ4n) is 2.21. The molecule has 0 fully saturated rings. The van der Waals surface area contributed by atoms with Crippen LogP contribution in [-0.4, -0.2) is 12.3 Å². The summed E-state index contributed by atoms with van der Waals surface area (Å²) in [7, 11) is 0. The number of nitrogens with zero attached hydrogens (tertiary/aromatic N) is 1. The number of rotatable bonds is 1. The molecule has 0 aliphatic carbocycles. The van der Waals surface area contributed by atoms with Crippen molar-refractivity contribution >= 4 is 5.71 Å². The summed E-state index contributed by atoms with van der Waals surface area (Å²) < 4.78 is 32.2. The minimum Gasteiger partial charge on any atom is -0.466 e. The standard InChI is InChI=1S/C14H11F2NO/c1-8-6-11-13(18-8)4-5-17-14(11)10-3-2-9(15)7-12(10)16/h2-3,6-7H,4-5H2,1H3. The molecule has 0 saturated carbocycles. The van der Waals surface area contributed by atoms with Crippen LogP contribution in [0.2, 0.25) is 0 Å². The maximum Gasteiger partial charge on any atom is 0.135 e. The number of benzene rings is 1. The number of hydrogen-bond donors (Lipinski definition) is 0. The number of hydrogen-bond acceptors (Lipinski definition) is 2. The Labute approximate surface area is 103 Å². The Morgan fingerprint density at radius 3 is 2.78 bits per heavy atom. The summed E-state index contributed by atoms with van der Waals surface area (Å²) in [6, 6.07) is 5.37. The van der Waals surface area contributed by atoms with Crippen molar-refractivity contribution in [1.82, 2.24) is 0 Å². The molecule has 0 bridgehead atoms. The number of furan rings is 1. The number of aryl methyl sites for hydroxylation is 1. The summed E-state index contributed by atoms with van der Waals surface area (Å²) >= 11 is 0. The minimum atomic E-state index is -0.597. The molecule has 0 spiro atoms. The molecule has 1 aliphatic heterocycles. The molecule has 1 aromatic heterocycles. The molecular weight excluding hydrogens is 236 g/mol. The van der Waals surface area contributed by atoms with Gasteiger partial charge in [-0.05, 0) is 25.1 Å². The van der Waals surface area contributed by atoms with Gasteiger partial charge >= 0.3 is 0 Å². The maximum atomic E-state index is 13.8. The highest BCUT2D eigenvalue weighted by Crippen LogP contribution is 2.25. The average Bonchev–Trinajstić information content (AvgIpc) is 2.69. The van der Waals surface area contributed by atoms with Crippen molar-refractivity contribution in [2.75, 3.05) is 6.54 Å². The first-order chi connectivity index (χ1) is 8.65. The third-order valence-electron chi connectivity index (χ3n) is 2.98. The van der Waals surface area contributed by atoms with E-state index in [1.54, 1.807) is 0 Å². The lowest BCUT2D eigenvalue weighted by Crippen LogP contribution is -2.13. The lowest BCUT2D eigenvalue weighted by molar-refractivity contribution is 0.482. The van der Waals surface area contributed by atoms with Crippen LogP contribution in [0, 0.1) is 18.6 Å². The second kappa shape index (κ2) is 4.05. The molecule has 92 valence electrons. The average molecular weight is 247 g/mol. The van der Waals surface area contributed by atoms with E-state index in [0.717, 1.165) is 29.6 Å². The Morgan fingerprint density at radius 2 is 2.00 bits per heavy atom. The fourth-order valence-corrected chi connectivity index (χ4v) is 2.21. The molecule has 4 heteroatoms. The second-order valence-electron chi connectivity index (χ2n) is 4.30. The molecule has 18 heavy (non-hydrogen) atoms. The lowest BCUT2D eigenvalue weighted by Gasteiger charge is -2.12. The monoisotopic (exact) mass is 247 g/mol. The summed E-state index contributed by atoms with van der Waals surface area (Å²) in [5.74, 6) is 0.412. The van der Waals surface area contributed by atoms with E-state index in [9.17, 15) is 8.78 Å². The molecule has 1 aliphatic rings. The van der Waals surface area contributed by atoms with Crippen LogP contribution in [0.3, 0.4) is 0 Å². The van der Waals surface area contributed by atoms with Crippen LogP contribution in [-0.2, 0) is 6.42 Å². The second-order valence-corrected chi connectivity index (χ2v) is 4.30. The molecule has 2 heterocycles. The molecule has 0 radical (unpaired) electrons.